The number of nitrogens with zero attached hydrogens (tertiary/aromatic N) is 2. The Bertz CT molecular complexity index is 988. The van der Waals surface area contributed by atoms with Crippen molar-refractivity contribution < 1.29 is 14.3 Å². The third kappa shape index (κ3) is 4.79. The van der Waals surface area contributed by atoms with Crippen LogP contribution in [0.25, 0.3) is 0 Å². The minimum Gasteiger partial charge on any atom is -0.481 e. The number of hydrogen-bond acceptors (Lipinski definition) is 4. The number of nitrogens with one attached hydrogen (secondary N) is 1. The van der Waals surface area contributed by atoms with Gasteiger partial charge in [-0.3, -0.25) is 9.59 Å². The largest absolute Gasteiger partial charge is 0.481 e. The van der Waals surface area contributed by atoms with Gasteiger partial charge in [0.1, 0.15) is 0 Å². The lowest BCUT2D eigenvalue weighted by molar-refractivity contribution is 0.0742. The monoisotopic (exact) mass is 389 g/mol. The van der Waals surface area contributed by atoms with Crippen molar-refractivity contribution in [3.05, 3.63) is 89.6 Å². The molecule has 0 saturated carbocycles. The van der Waals surface area contributed by atoms with E-state index in [1.54, 1.807) is 36.2 Å². The van der Waals surface area contributed by atoms with Crippen LogP contribution >= 0.6 is 0 Å². The second-order valence-electron chi connectivity index (χ2n) is 6.63. The zero-order valence-corrected chi connectivity index (χ0v) is 16.6. The van der Waals surface area contributed by atoms with Gasteiger partial charge in [-0.1, -0.05) is 30.3 Å². The van der Waals surface area contributed by atoms with Gasteiger partial charge in [0, 0.05) is 30.6 Å². The van der Waals surface area contributed by atoms with Crippen molar-refractivity contribution in [2.24, 2.45) is 0 Å². The minimum absolute atomic E-state index is 0.147. The summed E-state index contributed by atoms with van der Waals surface area (Å²) in [6, 6.07) is 19.7. The molecule has 6 nitrogen and oxygen atoms in total. The molecule has 2 aromatic carbocycles. The number of rotatable bonds is 6. The summed E-state index contributed by atoms with van der Waals surface area (Å²) in [7, 11) is 3.27. The number of pyridine rings is 1. The molecule has 2 amide bonds. The Hall–Kier alpha value is -3.67. The predicted molar refractivity (Wildman–Crippen MR) is 112 cm³/mol. The lowest BCUT2D eigenvalue weighted by atomic mass is 10.1. The molecule has 0 aliphatic heterocycles. The molecule has 0 fully saturated rings. The minimum atomic E-state index is -0.196. The summed E-state index contributed by atoms with van der Waals surface area (Å²) >= 11 is 0. The van der Waals surface area contributed by atoms with Crippen LogP contribution in [0.15, 0.2) is 72.9 Å². The van der Waals surface area contributed by atoms with E-state index in [-0.39, 0.29) is 17.9 Å². The predicted octanol–water partition coefficient (Wildman–Crippen LogP) is 4.18. The average molecular weight is 389 g/mol. The van der Waals surface area contributed by atoms with Crippen LogP contribution in [0.3, 0.4) is 0 Å². The van der Waals surface area contributed by atoms with E-state index >= 15 is 0 Å². The number of anilines is 1. The Morgan fingerprint density at radius 3 is 2.41 bits per heavy atom. The van der Waals surface area contributed by atoms with Crippen LogP contribution in [0.4, 0.5) is 5.69 Å². The first-order valence-electron chi connectivity index (χ1n) is 9.23. The molecule has 6 heteroatoms. The number of carbonyl (C=O) groups is 2. The molecule has 0 radical (unpaired) electrons. The highest BCUT2D eigenvalue weighted by Gasteiger charge is 2.20. The van der Waals surface area contributed by atoms with Crippen LogP contribution in [0.1, 0.15) is 39.2 Å². The maximum atomic E-state index is 12.8. The van der Waals surface area contributed by atoms with Crippen LogP contribution in [-0.4, -0.2) is 35.9 Å². The van der Waals surface area contributed by atoms with E-state index in [9.17, 15) is 9.59 Å². The van der Waals surface area contributed by atoms with Crippen molar-refractivity contribution >= 4 is 17.5 Å². The summed E-state index contributed by atoms with van der Waals surface area (Å²) in [5.74, 6) is 0.134. The summed E-state index contributed by atoms with van der Waals surface area (Å²) in [6.45, 7) is 1.94. The van der Waals surface area contributed by atoms with Crippen molar-refractivity contribution in [3.63, 3.8) is 0 Å². The summed E-state index contributed by atoms with van der Waals surface area (Å²) in [6.07, 6.45) is 1.50. The Balaban J connectivity index is 1.73. The topological polar surface area (TPSA) is 71.5 Å². The van der Waals surface area contributed by atoms with E-state index < -0.39 is 0 Å². The van der Waals surface area contributed by atoms with Crippen molar-refractivity contribution in [1.29, 1.82) is 0 Å². The van der Waals surface area contributed by atoms with Gasteiger partial charge in [0.15, 0.2) is 0 Å². The summed E-state index contributed by atoms with van der Waals surface area (Å²) in [5.41, 5.74) is 2.65. The first kappa shape index (κ1) is 20.1. The van der Waals surface area contributed by atoms with E-state index in [0.717, 1.165) is 5.56 Å². The average Bonchev–Trinajstić information content (AvgIpc) is 2.78. The summed E-state index contributed by atoms with van der Waals surface area (Å²) in [4.78, 5) is 30.9. The van der Waals surface area contributed by atoms with Gasteiger partial charge < -0.3 is 15.0 Å². The van der Waals surface area contributed by atoms with Gasteiger partial charge in [-0.2, -0.15) is 0 Å². The highest BCUT2D eigenvalue weighted by molar-refractivity contribution is 6.04. The van der Waals surface area contributed by atoms with Crippen molar-refractivity contribution in [2.75, 3.05) is 19.5 Å². The number of benzene rings is 2. The number of methoxy groups -OCH3 is 1. The number of ether oxygens (including phenoxy) is 1. The summed E-state index contributed by atoms with van der Waals surface area (Å²) in [5, 5.41) is 2.90. The molecule has 29 heavy (non-hydrogen) atoms. The molecule has 0 unspecified atom stereocenters. The van der Waals surface area contributed by atoms with E-state index in [1.807, 2.05) is 49.4 Å². The zero-order chi connectivity index (χ0) is 20.8. The molecule has 0 saturated heterocycles. The van der Waals surface area contributed by atoms with Crippen molar-refractivity contribution in [1.82, 2.24) is 9.88 Å². The Morgan fingerprint density at radius 1 is 1.00 bits per heavy atom. The third-order valence-electron chi connectivity index (χ3n) is 4.76. The molecule has 1 heterocycles. The molecule has 1 N–H and O–H groups in total. The molecule has 0 aliphatic rings. The van der Waals surface area contributed by atoms with Gasteiger partial charge in [0.25, 0.3) is 11.8 Å². The van der Waals surface area contributed by atoms with Gasteiger partial charge in [-0.05, 0) is 42.8 Å². The van der Waals surface area contributed by atoms with Crippen LogP contribution in [0, 0.1) is 0 Å². The number of carbonyl (C=O) groups excluding carboxylic acids is 2. The molecule has 1 aromatic heterocycles. The Morgan fingerprint density at radius 2 is 1.76 bits per heavy atom. The SMILES string of the molecule is COc1ccc(C(=O)N(C)[C@@H](C)c2cccc(NC(=O)c3ccccc3)c2)cn1. The van der Waals surface area contributed by atoms with Gasteiger partial charge >= 0.3 is 0 Å². The quantitative estimate of drug-likeness (QED) is 0.687. The van der Waals surface area contributed by atoms with Gasteiger partial charge in [-0.25, -0.2) is 4.98 Å². The number of aromatic nitrogens is 1. The lowest BCUT2D eigenvalue weighted by Gasteiger charge is -2.26. The highest BCUT2D eigenvalue weighted by Crippen LogP contribution is 2.24. The van der Waals surface area contributed by atoms with Gasteiger partial charge in [0.2, 0.25) is 5.88 Å². The van der Waals surface area contributed by atoms with Crippen molar-refractivity contribution in [2.45, 2.75) is 13.0 Å². The molecule has 0 spiro atoms. The molecule has 0 aliphatic carbocycles. The molecule has 0 bridgehead atoms. The fraction of sp³-hybridized carbons (Fsp3) is 0.174. The number of hydrogen-bond donors (Lipinski definition) is 1. The van der Waals surface area contributed by atoms with Crippen LogP contribution in [0.2, 0.25) is 0 Å². The van der Waals surface area contributed by atoms with E-state index in [4.69, 9.17) is 4.74 Å². The molecule has 3 rings (SSSR count). The zero-order valence-electron chi connectivity index (χ0n) is 16.6. The molecule has 148 valence electrons. The second kappa shape index (κ2) is 9.01. The standard InChI is InChI=1S/C23H23N3O3/c1-16(26(2)23(28)19-12-13-21(29-3)24-15-19)18-10-7-11-20(14-18)25-22(27)17-8-5-4-6-9-17/h4-16H,1-3H3,(H,25,27)/t16-/m0/s1. The van der Waals surface area contributed by atoms with Gasteiger partial charge in [0.05, 0.1) is 18.7 Å². The fourth-order valence-electron chi connectivity index (χ4n) is 2.90. The highest BCUT2D eigenvalue weighted by atomic mass is 16.5. The van der Waals surface area contributed by atoms with Crippen LogP contribution < -0.4 is 10.1 Å². The Kier molecular flexibility index (Phi) is 6.24. The maximum Gasteiger partial charge on any atom is 0.255 e. The van der Waals surface area contributed by atoms with E-state index in [0.29, 0.717) is 22.7 Å². The fourth-order valence-corrected chi connectivity index (χ4v) is 2.90. The normalized spacial score (nSPS) is 11.4. The smallest absolute Gasteiger partial charge is 0.255 e. The molecule has 3 aromatic rings. The molecular formula is C23H23N3O3. The maximum absolute atomic E-state index is 12.8. The second-order valence-corrected chi connectivity index (χ2v) is 6.63. The van der Waals surface area contributed by atoms with E-state index in [2.05, 4.69) is 10.3 Å². The lowest BCUT2D eigenvalue weighted by Crippen LogP contribution is -2.29. The first-order valence-corrected chi connectivity index (χ1v) is 9.23. The van der Waals surface area contributed by atoms with E-state index in [1.165, 1.54) is 13.3 Å². The van der Waals surface area contributed by atoms with Crippen molar-refractivity contribution in [3.8, 4) is 5.88 Å². The number of amides is 2. The summed E-state index contributed by atoms with van der Waals surface area (Å²) < 4.78 is 5.03. The van der Waals surface area contributed by atoms with Crippen LogP contribution in [0.5, 0.6) is 5.88 Å². The third-order valence-corrected chi connectivity index (χ3v) is 4.76. The Labute approximate surface area is 170 Å². The van der Waals surface area contributed by atoms with Gasteiger partial charge in [-0.15, -0.1) is 0 Å². The van der Waals surface area contributed by atoms with Crippen LogP contribution in [-0.2, 0) is 0 Å². The molecular weight excluding hydrogens is 366 g/mol. The first-order chi connectivity index (χ1) is 14.0. The molecule has 1 atom stereocenters.